The van der Waals surface area contributed by atoms with E-state index in [-0.39, 0.29) is 12.1 Å². The molecule has 0 aromatic carbocycles. The molecule has 5 heteroatoms. The van der Waals surface area contributed by atoms with Gasteiger partial charge in [-0.25, -0.2) is 4.79 Å². The minimum Gasteiger partial charge on any atom is -0.481 e. The second kappa shape index (κ2) is 5.62. The molecule has 2 rings (SSSR count). The number of amides is 2. The maximum atomic E-state index is 12.3. The number of carboxylic acids is 1. The van der Waals surface area contributed by atoms with Gasteiger partial charge in [0.2, 0.25) is 0 Å². The third-order valence-corrected chi connectivity index (χ3v) is 5.34. The average molecular weight is 282 g/mol. The monoisotopic (exact) mass is 282 g/mol. The lowest BCUT2D eigenvalue weighted by molar-refractivity contribution is -0.147. The number of urea groups is 1. The third kappa shape index (κ3) is 2.76. The van der Waals surface area contributed by atoms with Crippen LogP contribution in [0.2, 0.25) is 0 Å². The number of nitrogens with one attached hydrogen (secondary N) is 1. The molecule has 0 aromatic rings. The standard InChI is InChI=1S/C15H26N2O3/c1-4-11-5-6-12(10(11)2)16-14(20)17-8-7-15(3,9-17)13(18)19/h10-12H,4-9H2,1-3H3,(H,16,20)(H,18,19). The molecule has 2 N–H and O–H groups in total. The zero-order chi connectivity index (χ0) is 14.9. The highest BCUT2D eigenvalue weighted by Crippen LogP contribution is 2.34. The van der Waals surface area contributed by atoms with Crippen molar-refractivity contribution in [3.05, 3.63) is 0 Å². The fourth-order valence-corrected chi connectivity index (χ4v) is 3.59. The van der Waals surface area contributed by atoms with E-state index in [1.165, 1.54) is 6.42 Å². The van der Waals surface area contributed by atoms with Gasteiger partial charge in [0.05, 0.1) is 5.41 Å². The molecular formula is C15H26N2O3. The smallest absolute Gasteiger partial charge is 0.317 e. The number of rotatable bonds is 3. The van der Waals surface area contributed by atoms with E-state index in [0.717, 1.165) is 12.8 Å². The lowest BCUT2D eigenvalue weighted by Gasteiger charge is -2.25. The van der Waals surface area contributed by atoms with Crippen molar-refractivity contribution in [3.8, 4) is 0 Å². The number of carboxylic acid groups (broad SMARTS) is 1. The molecule has 0 radical (unpaired) electrons. The summed E-state index contributed by atoms with van der Waals surface area (Å²) in [5, 5.41) is 12.3. The maximum Gasteiger partial charge on any atom is 0.317 e. The first-order valence-corrected chi connectivity index (χ1v) is 7.66. The minimum atomic E-state index is -0.812. The molecule has 2 amide bonds. The van der Waals surface area contributed by atoms with Crippen LogP contribution in [0, 0.1) is 17.3 Å². The van der Waals surface area contributed by atoms with Crippen LogP contribution < -0.4 is 5.32 Å². The Balaban J connectivity index is 1.89. The van der Waals surface area contributed by atoms with Crippen molar-refractivity contribution in [3.63, 3.8) is 0 Å². The van der Waals surface area contributed by atoms with Crippen LogP contribution in [-0.2, 0) is 4.79 Å². The number of aliphatic carboxylic acids is 1. The van der Waals surface area contributed by atoms with E-state index < -0.39 is 11.4 Å². The lowest BCUT2D eigenvalue weighted by Crippen LogP contribution is -2.46. The number of nitrogens with zero attached hydrogens (tertiary/aromatic N) is 1. The Kier molecular flexibility index (Phi) is 4.25. The van der Waals surface area contributed by atoms with Crippen LogP contribution in [0.25, 0.3) is 0 Å². The van der Waals surface area contributed by atoms with E-state index in [1.807, 2.05) is 0 Å². The molecule has 1 saturated heterocycles. The number of carbonyl (C=O) groups excluding carboxylic acids is 1. The van der Waals surface area contributed by atoms with Gasteiger partial charge in [0.25, 0.3) is 0 Å². The highest BCUT2D eigenvalue weighted by molar-refractivity contribution is 5.79. The van der Waals surface area contributed by atoms with Gasteiger partial charge in [-0.15, -0.1) is 0 Å². The van der Waals surface area contributed by atoms with E-state index in [4.69, 9.17) is 0 Å². The molecule has 2 aliphatic rings. The van der Waals surface area contributed by atoms with Gasteiger partial charge in [0.1, 0.15) is 0 Å². The second-order valence-corrected chi connectivity index (χ2v) is 6.70. The highest BCUT2D eigenvalue weighted by atomic mass is 16.4. The molecule has 0 aromatic heterocycles. The summed E-state index contributed by atoms with van der Waals surface area (Å²) in [4.78, 5) is 25.1. The summed E-state index contributed by atoms with van der Waals surface area (Å²) >= 11 is 0. The Labute approximate surface area is 120 Å². The molecule has 4 atom stereocenters. The zero-order valence-corrected chi connectivity index (χ0v) is 12.7. The third-order valence-electron chi connectivity index (χ3n) is 5.34. The molecular weight excluding hydrogens is 256 g/mol. The van der Waals surface area contributed by atoms with E-state index in [0.29, 0.717) is 31.3 Å². The van der Waals surface area contributed by atoms with Crippen LogP contribution >= 0.6 is 0 Å². The van der Waals surface area contributed by atoms with Crippen molar-refractivity contribution in [2.45, 2.75) is 52.5 Å². The van der Waals surface area contributed by atoms with Crippen molar-refractivity contribution in [1.82, 2.24) is 10.2 Å². The predicted molar refractivity (Wildman–Crippen MR) is 76.4 cm³/mol. The highest BCUT2D eigenvalue weighted by Gasteiger charge is 2.43. The largest absolute Gasteiger partial charge is 0.481 e. The van der Waals surface area contributed by atoms with Gasteiger partial charge in [0, 0.05) is 19.1 Å². The molecule has 5 nitrogen and oxygen atoms in total. The number of hydrogen-bond donors (Lipinski definition) is 2. The van der Waals surface area contributed by atoms with Gasteiger partial charge in [-0.3, -0.25) is 4.79 Å². The number of hydrogen-bond acceptors (Lipinski definition) is 2. The number of likely N-dealkylation sites (tertiary alicyclic amines) is 1. The summed E-state index contributed by atoms with van der Waals surface area (Å²) in [6.45, 7) is 6.97. The average Bonchev–Trinajstić information content (AvgIpc) is 2.95. The van der Waals surface area contributed by atoms with E-state index >= 15 is 0 Å². The molecule has 1 aliphatic heterocycles. The molecule has 4 unspecified atom stereocenters. The van der Waals surface area contributed by atoms with Crippen molar-refractivity contribution in [1.29, 1.82) is 0 Å². The zero-order valence-electron chi connectivity index (χ0n) is 12.7. The fraction of sp³-hybridized carbons (Fsp3) is 0.867. The lowest BCUT2D eigenvalue weighted by atomic mass is 9.90. The predicted octanol–water partition coefficient (Wildman–Crippen LogP) is 2.32. The molecule has 1 aliphatic carbocycles. The maximum absolute atomic E-state index is 12.3. The fourth-order valence-electron chi connectivity index (χ4n) is 3.59. The van der Waals surface area contributed by atoms with Gasteiger partial charge in [-0.2, -0.15) is 0 Å². The summed E-state index contributed by atoms with van der Waals surface area (Å²) in [5.74, 6) is 0.397. The first kappa shape index (κ1) is 15.1. The van der Waals surface area contributed by atoms with Gasteiger partial charge in [-0.1, -0.05) is 20.3 Å². The summed E-state index contributed by atoms with van der Waals surface area (Å²) in [6.07, 6.45) is 3.91. The van der Waals surface area contributed by atoms with Crippen molar-refractivity contribution < 1.29 is 14.7 Å². The van der Waals surface area contributed by atoms with Gasteiger partial charge < -0.3 is 15.3 Å². The van der Waals surface area contributed by atoms with Gasteiger partial charge >= 0.3 is 12.0 Å². The van der Waals surface area contributed by atoms with Crippen molar-refractivity contribution in [2.75, 3.05) is 13.1 Å². The molecule has 1 heterocycles. The molecule has 1 saturated carbocycles. The minimum absolute atomic E-state index is 0.0939. The Morgan fingerprint density at radius 1 is 1.40 bits per heavy atom. The Morgan fingerprint density at radius 2 is 2.10 bits per heavy atom. The van der Waals surface area contributed by atoms with E-state index in [1.54, 1.807) is 11.8 Å². The second-order valence-electron chi connectivity index (χ2n) is 6.70. The summed E-state index contributed by atoms with van der Waals surface area (Å²) in [5.41, 5.74) is -0.787. The van der Waals surface area contributed by atoms with Crippen LogP contribution in [0.1, 0.15) is 46.5 Å². The summed E-state index contributed by atoms with van der Waals surface area (Å²) in [7, 11) is 0. The molecule has 20 heavy (non-hydrogen) atoms. The van der Waals surface area contributed by atoms with Crippen molar-refractivity contribution in [2.24, 2.45) is 17.3 Å². The van der Waals surface area contributed by atoms with Crippen LogP contribution in [0.3, 0.4) is 0 Å². The Bertz CT molecular complexity index is 399. The SMILES string of the molecule is CCC1CCC(NC(=O)N2CCC(C)(C(=O)O)C2)C1C. The van der Waals surface area contributed by atoms with E-state index in [2.05, 4.69) is 19.2 Å². The first-order chi connectivity index (χ1) is 9.37. The van der Waals surface area contributed by atoms with Crippen molar-refractivity contribution >= 4 is 12.0 Å². The first-order valence-electron chi connectivity index (χ1n) is 7.66. The summed E-state index contributed by atoms with van der Waals surface area (Å²) in [6, 6.07) is 0.146. The molecule has 2 fully saturated rings. The Hall–Kier alpha value is -1.26. The summed E-state index contributed by atoms with van der Waals surface area (Å²) < 4.78 is 0. The van der Waals surface area contributed by atoms with Gasteiger partial charge in [-0.05, 0) is 38.0 Å². The van der Waals surface area contributed by atoms with Crippen LogP contribution in [0.15, 0.2) is 0 Å². The quantitative estimate of drug-likeness (QED) is 0.834. The van der Waals surface area contributed by atoms with Crippen LogP contribution in [-0.4, -0.2) is 41.1 Å². The Morgan fingerprint density at radius 3 is 2.60 bits per heavy atom. The van der Waals surface area contributed by atoms with E-state index in [9.17, 15) is 14.7 Å². The molecule has 114 valence electrons. The topological polar surface area (TPSA) is 69.6 Å². The number of carbonyl (C=O) groups is 2. The normalized spacial score (nSPS) is 37.1. The van der Waals surface area contributed by atoms with Crippen LogP contribution in [0.5, 0.6) is 0 Å². The van der Waals surface area contributed by atoms with Gasteiger partial charge in [0.15, 0.2) is 0 Å². The van der Waals surface area contributed by atoms with Crippen LogP contribution in [0.4, 0.5) is 4.79 Å². The molecule has 0 spiro atoms. The molecule has 0 bridgehead atoms.